The van der Waals surface area contributed by atoms with E-state index in [1.807, 2.05) is 0 Å². The lowest BCUT2D eigenvalue weighted by atomic mass is 10.2. The Hall–Kier alpha value is -3.53. The van der Waals surface area contributed by atoms with E-state index in [1.165, 1.54) is 32.4 Å². The summed E-state index contributed by atoms with van der Waals surface area (Å²) in [6.45, 7) is 0. The molecule has 8 nitrogen and oxygen atoms in total. The number of hydrogen-bond acceptors (Lipinski definition) is 7. The summed E-state index contributed by atoms with van der Waals surface area (Å²) in [4.78, 5) is 31.6. The van der Waals surface area contributed by atoms with Crippen LogP contribution < -0.4 is 26.1 Å². The molecule has 1 amide bonds. The van der Waals surface area contributed by atoms with Gasteiger partial charge < -0.3 is 20.5 Å². The molecule has 0 unspecified atom stereocenters. The molecule has 0 saturated carbocycles. The zero-order chi connectivity index (χ0) is 21.7. The Morgan fingerprint density at radius 2 is 1.93 bits per heavy atom. The molecular weight excluding hydrogens is 411 g/mol. The maximum atomic E-state index is 13.7. The van der Waals surface area contributed by atoms with E-state index < -0.39 is 11.5 Å². The van der Waals surface area contributed by atoms with Crippen LogP contribution in [0.3, 0.4) is 0 Å². The van der Waals surface area contributed by atoms with Gasteiger partial charge in [-0.25, -0.2) is 9.37 Å². The Morgan fingerprint density at radius 3 is 2.60 bits per heavy atom. The minimum Gasteiger partial charge on any atom is -0.493 e. The Labute approximate surface area is 175 Å². The maximum Gasteiger partial charge on any atom is 0.277 e. The number of thioether (sulfide) groups is 1. The molecule has 0 spiro atoms. The van der Waals surface area contributed by atoms with E-state index in [0.717, 1.165) is 11.8 Å². The third-order valence-electron chi connectivity index (χ3n) is 4.13. The van der Waals surface area contributed by atoms with Crippen molar-refractivity contribution in [2.45, 2.75) is 10.9 Å². The number of rotatable bonds is 7. The predicted octanol–water partition coefficient (Wildman–Crippen LogP) is 3.05. The van der Waals surface area contributed by atoms with Crippen LogP contribution in [0.4, 0.5) is 15.9 Å². The van der Waals surface area contributed by atoms with Gasteiger partial charge in [0.15, 0.2) is 22.5 Å². The van der Waals surface area contributed by atoms with Crippen LogP contribution in [0.15, 0.2) is 52.4 Å². The lowest BCUT2D eigenvalue weighted by Crippen LogP contribution is -2.23. The van der Waals surface area contributed by atoms with Crippen molar-refractivity contribution >= 4 is 29.2 Å². The van der Waals surface area contributed by atoms with E-state index in [0.29, 0.717) is 17.1 Å². The summed E-state index contributed by atoms with van der Waals surface area (Å²) in [5.41, 5.74) is 5.78. The summed E-state index contributed by atoms with van der Waals surface area (Å²) >= 11 is 1.12. The smallest absolute Gasteiger partial charge is 0.277 e. The van der Waals surface area contributed by atoms with Gasteiger partial charge in [0.05, 0.1) is 14.2 Å². The van der Waals surface area contributed by atoms with Crippen LogP contribution >= 0.6 is 11.8 Å². The highest BCUT2D eigenvalue weighted by Gasteiger charge is 2.16. The number of halogens is 1. The number of nitrogens with zero attached hydrogens (tertiary/aromatic N) is 1. The Balaban J connectivity index is 1.76. The van der Waals surface area contributed by atoms with Crippen LogP contribution in [0.1, 0.15) is 15.9 Å². The largest absolute Gasteiger partial charge is 0.493 e. The summed E-state index contributed by atoms with van der Waals surface area (Å²) in [5.74, 6) is 0.0191. The number of amides is 1. The van der Waals surface area contributed by atoms with Crippen LogP contribution in [0.2, 0.25) is 0 Å². The van der Waals surface area contributed by atoms with Crippen LogP contribution in [-0.4, -0.2) is 30.1 Å². The van der Waals surface area contributed by atoms with E-state index in [4.69, 9.17) is 15.2 Å². The zero-order valence-corrected chi connectivity index (χ0v) is 17.0. The van der Waals surface area contributed by atoms with Gasteiger partial charge >= 0.3 is 0 Å². The van der Waals surface area contributed by atoms with Gasteiger partial charge in [0.25, 0.3) is 11.5 Å². The molecule has 0 fully saturated rings. The number of carbonyl (C=O) groups is 1. The first-order valence-electron chi connectivity index (χ1n) is 8.72. The molecule has 3 aromatic rings. The summed E-state index contributed by atoms with van der Waals surface area (Å²) in [5, 5.41) is 2.67. The van der Waals surface area contributed by atoms with Crippen LogP contribution in [0.25, 0.3) is 0 Å². The molecule has 0 aliphatic rings. The molecule has 0 bridgehead atoms. The number of H-pyrrole nitrogens is 1. The number of aromatic amines is 1. The molecular formula is C20H19FN4O4S. The second kappa shape index (κ2) is 9.31. The SMILES string of the molecule is COc1ccc(C(=O)Nc2c(N)nc(SCc3ccccc3F)[nH]c2=O)cc1OC. The van der Waals surface area contributed by atoms with Crippen molar-refractivity contribution in [2.75, 3.05) is 25.3 Å². The molecule has 1 heterocycles. The lowest BCUT2D eigenvalue weighted by molar-refractivity contribution is 0.102. The van der Waals surface area contributed by atoms with Crippen molar-refractivity contribution in [3.8, 4) is 11.5 Å². The molecule has 156 valence electrons. The van der Waals surface area contributed by atoms with Crippen molar-refractivity contribution in [3.63, 3.8) is 0 Å². The van der Waals surface area contributed by atoms with E-state index in [9.17, 15) is 14.0 Å². The first-order valence-corrected chi connectivity index (χ1v) is 9.71. The molecule has 0 aliphatic carbocycles. The van der Waals surface area contributed by atoms with Crippen molar-refractivity contribution in [1.82, 2.24) is 9.97 Å². The van der Waals surface area contributed by atoms with Gasteiger partial charge in [-0.05, 0) is 29.8 Å². The van der Waals surface area contributed by atoms with Gasteiger partial charge in [0.2, 0.25) is 0 Å². The summed E-state index contributed by atoms with van der Waals surface area (Å²) < 4.78 is 24.0. The highest BCUT2D eigenvalue weighted by atomic mass is 32.2. The zero-order valence-electron chi connectivity index (χ0n) is 16.2. The van der Waals surface area contributed by atoms with Crippen molar-refractivity contribution in [2.24, 2.45) is 0 Å². The number of anilines is 2. The van der Waals surface area contributed by atoms with Gasteiger partial charge in [-0.2, -0.15) is 0 Å². The fourth-order valence-electron chi connectivity index (χ4n) is 2.58. The van der Waals surface area contributed by atoms with Gasteiger partial charge in [-0.1, -0.05) is 30.0 Å². The number of nitrogens with two attached hydrogens (primary N) is 1. The van der Waals surface area contributed by atoms with Crippen LogP contribution in [-0.2, 0) is 5.75 Å². The molecule has 0 radical (unpaired) electrons. The molecule has 10 heteroatoms. The maximum absolute atomic E-state index is 13.7. The number of hydrogen-bond donors (Lipinski definition) is 3. The van der Waals surface area contributed by atoms with Gasteiger partial charge in [-0.15, -0.1) is 0 Å². The molecule has 2 aromatic carbocycles. The first-order chi connectivity index (χ1) is 14.4. The van der Waals surface area contributed by atoms with Gasteiger partial charge in [0, 0.05) is 11.3 Å². The van der Waals surface area contributed by atoms with Crippen molar-refractivity contribution < 1.29 is 18.7 Å². The topological polar surface area (TPSA) is 119 Å². The average molecular weight is 430 g/mol. The molecule has 0 atom stereocenters. The Kier molecular flexibility index (Phi) is 6.58. The predicted molar refractivity (Wildman–Crippen MR) is 113 cm³/mol. The van der Waals surface area contributed by atoms with Crippen molar-refractivity contribution in [3.05, 3.63) is 69.8 Å². The third-order valence-corrected chi connectivity index (χ3v) is 5.05. The van der Waals surface area contributed by atoms with E-state index in [1.54, 1.807) is 24.3 Å². The molecule has 4 N–H and O–H groups in total. The monoisotopic (exact) mass is 430 g/mol. The average Bonchev–Trinajstić information content (AvgIpc) is 2.75. The quantitative estimate of drug-likeness (QED) is 0.389. The highest BCUT2D eigenvalue weighted by Crippen LogP contribution is 2.28. The minimum atomic E-state index is -0.618. The summed E-state index contributed by atoms with van der Waals surface area (Å²) in [7, 11) is 2.93. The van der Waals surface area contributed by atoms with Crippen LogP contribution in [0, 0.1) is 5.82 Å². The Bertz CT molecular complexity index is 1140. The fraction of sp³-hybridized carbons (Fsp3) is 0.150. The Morgan fingerprint density at radius 1 is 1.20 bits per heavy atom. The van der Waals surface area contributed by atoms with Gasteiger partial charge in [0.1, 0.15) is 11.5 Å². The second-order valence-electron chi connectivity index (χ2n) is 6.04. The van der Waals surface area contributed by atoms with Crippen molar-refractivity contribution in [1.29, 1.82) is 0 Å². The van der Waals surface area contributed by atoms with Crippen LogP contribution in [0.5, 0.6) is 11.5 Å². The number of methoxy groups -OCH3 is 2. The molecule has 1 aromatic heterocycles. The third kappa shape index (κ3) is 4.71. The standard InChI is InChI=1S/C20H19FN4O4S/c1-28-14-8-7-11(9-15(14)29-2)18(26)23-16-17(22)24-20(25-19(16)27)30-10-12-5-3-4-6-13(12)21/h3-9H,10H2,1-2H3,(H,23,26)(H3,22,24,25,27). The number of nitrogen functional groups attached to an aromatic ring is 1. The number of nitrogens with one attached hydrogen (secondary N) is 2. The molecule has 3 rings (SSSR count). The number of aromatic nitrogens is 2. The highest BCUT2D eigenvalue weighted by molar-refractivity contribution is 7.98. The first kappa shape index (κ1) is 21.2. The molecule has 0 saturated heterocycles. The van der Waals surface area contributed by atoms with Gasteiger partial charge in [-0.3, -0.25) is 14.6 Å². The normalized spacial score (nSPS) is 10.5. The number of benzene rings is 2. The fourth-order valence-corrected chi connectivity index (χ4v) is 3.44. The molecule has 0 aliphatic heterocycles. The number of carbonyl (C=O) groups excluding carboxylic acids is 1. The minimum absolute atomic E-state index is 0.149. The van der Waals surface area contributed by atoms with E-state index >= 15 is 0 Å². The van der Waals surface area contributed by atoms with E-state index in [-0.39, 0.29) is 33.8 Å². The molecule has 30 heavy (non-hydrogen) atoms. The summed E-state index contributed by atoms with van der Waals surface area (Å²) in [6, 6.07) is 10.9. The second-order valence-corrected chi connectivity index (χ2v) is 7.00. The number of ether oxygens (including phenoxy) is 2. The van der Waals surface area contributed by atoms with E-state index in [2.05, 4.69) is 15.3 Å². The summed E-state index contributed by atoms with van der Waals surface area (Å²) in [6.07, 6.45) is 0. The lowest BCUT2D eigenvalue weighted by Gasteiger charge is -2.11.